The van der Waals surface area contributed by atoms with Gasteiger partial charge in [-0.25, -0.2) is 13.6 Å². The summed E-state index contributed by atoms with van der Waals surface area (Å²) in [6.45, 7) is 1.52. The maximum Gasteiger partial charge on any atom is 0.414 e. The first-order valence-electron chi connectivity index (χ1n) is 8.11. The lowest BCUT2D eigenvalue weighted by Gasteiger charge is -2.14. The van der Waals surface area contributed by atoms with Crippen molar-refractivity contribution in [1.29, 1.82) is 0 Å². The van der Waals surface area contributed by atoms with Crippen LogP contribution in [-0.2, 0) is 9.53 Å². The molecule has 2 aromatic rings. The highest BCUT2D eigenvalue weighted by Crippen LogP contribution is 2.32. The first kappa shape index (κ1) is 18.6. The summed E-state index contributed by atoms with van der Waals surface area (Å²) in [5, 5.41) is 2.53. The zero-order valence-corrected chi connectivity index (χ0v) is 15.0. The maximum absolute atomic E-state index is 14.6. The number of oxazole rings is 1. The van der Waals surface area contributed by atoms with E-state index in [-0.39, 0.29) is 42.0 Å². The molecular formula is C17H18F2N4O4. The standard InChI is InChI=1S/C17H18F2N4O4/c1-9(24)20-6-11-7-23(17(25)27-11)10-4-12(18)15(13(19)5-10)14-8-26-16(21-14)22(2)3/h4-5,8,11H,6-7H2,1-3H3,(H,20,24). The van der Waals surface area contributed by atoms with Crippen molar-refractivity contribution in [2.75, 3.05) is 37.0 Å². The molecule has 0 radical (unpaired) electrons. The normalized spacial score (nSPS) is 16.4. The Hall–Kier alpha value is -3.17. The van der Waals surface area contributed by atoms with Gasteiger partial charge in [-0.05, 0) is 12.1 Å². The highest BCUT2D eigenvalue weighted by molar-refractivity contribution is 5.90. The number of benzene rings is 1. The summed E-state index contributed by atoms with van der Waals surface area (Å²) in [5.41, 5.74) is -0.328. The highest BCUT2D eigenvalue weighted by Gasteiger charge is 2.33. The third-order valence-corrected chi connectivity index (χ3v) is 3.92. The molecule has 0 aliphatic carbocycles. The zero-order chi connectivity index (χ0) is 19.7. The van der Waals surface area contributed by atoms with Crippen molar-refractivity contribution in [1.82, 2.24) is 10.3 Å². The number of anilines is 2. The zero-order valence-electron chi connectivity index (χ0n) is 15.0. The Morgan fingerprint density at radius 2 is 2.04 bits per heavy atom. The molecule has 27 heavy (non-hydrogen) atoms. The average molecular weight is 380 g/mol. The fraction of sp³-hybridized carbons (Fsp3) is 0.353. The lowest BCUT2D eigenvalue weighted by atomic mass is 10.1. The molecule has 1 aromatic carbocycles. The molecule has 0 saturated carbocycles. The van der Waals surface area contributed by atoms with Gasteiger partial charge in [-0.3, -0.25) is 9.69 Å². The second-order valence-electron chi connectivity index (χ2n) is 6.25. The summed E-state index contributed by atoms with van der Waals surface area (Å²) < 4.78 is 39.4. The quantitative estimate of drug-likeness (QED) is 0.855. The minimum Gasteiger partial charge on any atom is -0.442 e. The molecule has 1 aliphatic rings. The van der Waals surface area contributed by atoms with E-state index in [9.17, 15) is 18.4 Å². The average Bonchev–Trinajstić information content (AvgIpc) is 3.19. The summed E-state index contributed by atoms with van der Waals surface area (Å²) in [6.07, 6.45) is -0.192. The fourth-order valence-electron chi connectivity index (χ4n) is 2.64. The van der Waals surface area contributed by atoms with Crippen LogP contribution >= 0.6 is 0 Å². The Labute approximate surface area is 153 Å². The minimum atomic E-state index is -0.887. The van der Waals surface area contributed by atoms with E-state index < -0.39 is 23.8 Å². The second kappa shape index (κ2) is 7.22. The van der Waals surface area contributed by atoms with Crippen molar-refractivity contribution in [3.05, 3.63) is 30.0 Å². The molecule has 0 spiro atoms. The number of cyclic esters (lactones) is 1. The number of hydrogen-bond donors (Lipinski definition) is 1. The van der Waals surface area contributed by atoms with E-state index in [1.165, 1.54) is 6.92 Å². The van der Waals surface area contributed by atoms with E-state index >= 15 is 0 Å². The van der Waals surface area contributed by atoms with Crippen LogP contribution < -0.4 is 15.1 Å². The van der Waals surface area contributed by atoms with Crippen LogP contribution in [0.5, 0.6) is 0 Å². The van der Waals surface area contributed by atoms with Gasteiger partial charge >= 0.3 is 6.09 Å². The molecule has 1 saturated heterocycles. The van der Waals surface area contributed by atoms with Gasteiger partial charge in [0.15, 0.2) is 0 Å². The number of ether oxygens (including phenoxy) is 1. The fourth-order valence-corrected chi connectivity index (χ4v) is 2.64. The third-order valence-electron chi connectivity index (χ3n) is 3.92. The van der Waals surface area contributed by atoms with Crippen molar-refractivity contribution in [2.24, 2.45) is 0 Å². The summed E-state index contributed by atoms with van der Waals surface area (Å²) in [5.74, 6) is -2.04. The van der Waals surface area contributed by atoms with Crippen LogP contribution in [0.3, 0.4) is 0 Å². The summed E-state index contributed by atoms with van der Waals surface area (Å²) >= 11 is 0. The van der Waals surface area contributed by atoms with Gasteiger partial charge in [0.05, 0.1) is 24.3 Å². The number of amides is 2. The van der Waals surface area contributed by atoms with Gasteiger partial charge in [-0.2, -0.15) is 4.98 Å². The molecule has 8 nitrogen and oxygen atoms in total. The molecule has 2 amide bonds. The number of nitrogens with one attached hydrogen (secondary N) is 1. The SMILES string of the molecule is CC(=O)NCC1CN(c2cc(F)c(-c3coc(N(C)C)n3)c(F)c2)C(=O)O1. The van der Waals surface area contributed by atoms with Gasteiger partial charge in [0.2, 0.25) is 5.91 Å². The minimum absolute atomic E-state index is 0.00721. The van der Waals surface area contributed by atoms with Gasteiger partial charge in [-0.15, -0.1) is 0 Å². The Kier molecular flexibility index (Phi) is 4.98. The first-order valence-corrected chi connectivity index (χ1v) is 8.11. The number of nitrogens with zero attached hydrogens (tertiary/aromatic N) is 3. The van der Waals surface area contributed by atoms with E-state index in [2.05, 4.69) is 10.3 Å². The van der Waals surface area contributed by atoms with E-state index in [4.69, 9.17) is 9.15 Å². The van der Waals surface area contributed by atoms with Crippen molar-refractivity contribution < 1.29 is 27.5 Å². The second-order valence-corrected chi connectivity index (χ2v) is 6.25. The lowest BCUT2D eigenvalue weighted by Crippen LogP contribution is -2.33. The monoisotopic (exact) mass is 380 g/mol. The third kappa shape index (κ3) is 3.83. The lowest BCUT2D eigenvalue weighted by molar-refractivity contribution is -0.119. The first-order chi connectivity index (χ1) is 12.8. The van der Waals surface area contributed by atoms with Crippen molar-refractivity contribution in [3.63, 3.8) is 0 Å². The highest BCUT2D eigenvalue weighted by atomic mass is 19.1. The molecule has 0 bridgehead atoms. The van der Waals surface area contributed by atoms with Gasteiger partial charge in [0, 0.05) is 21.0 Å². The largest absolute Gasteiger partial charge is 0.442 e. The summed E-state index contributed by atoms with van der Waals surface area (Å²) in [6, 6.07) is 2.27. The number of hydrogen-bond acceptors (Lipinski definition) is 6. The molecule has 10 heteroatoms. The molecule has 3 rings (SSSR count). The smallest absolute Gasteiger partial charge is 0.414 e. The van der Waals surface area contributed by atoms with Crippen molar-refractivity contribution >= 4 is 23.7 Å². The molecule has 2 heterocycles. The van der Waals surface area contributed by atoms with Crippen molar-refractivity contribution in [2.45, 2.75) is 13.0 Å². The summed E-state index contributed by atoms with van der Waals surface area (Å²) in [4.78, 5) is 29.7. The number of carbonyl (C=O) groups excluding carboxylic acids is 2. The molecule has 144 valence electrons. The van der Waals surface area contributed by atoms with Gasteiger partial charge in [0.1, 0.15) is 29.7 Å². The number of rotatable bonds is 5. The molecule has 1 atom stereocenters. The molecule has 1 N–H and O–H groups in total. The van der Waals surface area contributed by atoms with Gasteiger partial charge < -0.3 is 19.4 Å². The Morgan fingerprint density at radius 3 is 2.59 bits per heavy atom. The predicted octanol–water partition coefficient (Wildman–Crippen LogP) is 2.15. The van der Waals surface area contributed by atoms with Crippen LogP contribution in [-0.4, -0.2) is 50.3 Å². The number of aromatic nitrogens is 1. The van der Waals surface area contributed by atoms with Crippen LogP contribution in [0, 0.1) is 11.6 Å². The molecule has 1 unspecified atom stereocenters. The Morgan fingerprint density at radius 1 is 1.37 bits per heavy atom. The van der Waals surface area contributed by atoms with E-state index in [0.29, 0.717) is 0 Å². The Balaban J connectivity index is 1.84. The number of halogens is 2. The van der Waals surface area contributed by atoms with Crippen LogP contribution in [0.2, 0.25) is 0 Å². The topological polar surface area (TPSA) is 87.9 Å². The number of carbonyl (C=O) groups is 2. The Bertz CT molecular complexity index is 861. The summed E-state index contributed by atoms with van der Waals surface area (Å²) in [7, 11) is 3.36. The van der Waals surface area contributed by atoms with E-state index in [0.717, 1.165) is 23.3 Å². The molecule has 1 fully saturated rings. The van der Waals surface area contributed by atoms with Gasteiger partial charge in [-0.1, -0.05) is 0 Å². The molecular weight excluding hydrogens is 362 g/mol. The van der Waals surface area contributed by atoms with E-state index in [1.807, 2.05) is 0 Å². The van der Waals surface area contributed by atoms with E-state index in [1.54, 1.807) is 19.0 Å². The van der Waals surface area contributed by atoms with Crippen LogP contribution in [0.15, 0.2) is 22.8 Å². The van der Waals surface area contributed by atoms with Crippen LogP contribution in [0.25, 0.3) is 11.3 Å². The molecule has 1 aromatic heterocycles. The maximum atomic E-state index is 14.6. The van der Waals surface area contributed by atoms with Crippen molar-refractivity contribution in [3.8, 4) is 11.3 Å². The van der Waals surface area contributed by atoms with Crippen LogP contribution in [0.4, 0.5) is 25.3 Å². The van der Waals surface area contributed by atoms with Gasteiger partial charge in [0.25, 0.3) is 6.01 Å². The predicted molar refractivity (Wildman–Crippen MR) is 92.5 cm³/mol. The van der Waals surface area contributed by atoms with Crippen LogP contribution in [0.1, 0.15) is 6.92 Å². The molecule has 1 aliphatic heterocycles.